The van der Waals surface area contributed by atoms with Crippen LogP contribution in [0, 0.1) is 17.0 Å². The summed E-state index contributed by atoms with van der Waals surface area (Å²) in [6.07, 6.45) is 0. The van der Waals surface area contributed by atoms with E-state index in [-0.39, 0.29) is 5.69 Å². The molecule has 0 fully saturated rings. The van der Waals surface area contributed by atoms with Gasteiger partial charge in [0, 0.05) is 5.69 Å². The summed E-state index contributed by atoms with van der Waals surface area (Å²) < 4.78 is -2.16. The zero-order chi connectivity index (χ0) is 10.1. The molecule has 0 amide bonds. The molecule has 0 unspecified atom stereocenters. The Morgan fingerprint density at radius 3 is 2.62 bits per heavy atom. The molecule has 6 heteroatoms. The highest BCUT2D eigenvalue weighted by molar-refractivity contribution is 6.46. The van der Waals surface area contributed by atoms with Crippen molar-refractivity contribution in [1.29, 1.82) is 0 Å². The molecule has 1 aromatic heterocycles. The predicted molar refractivity (Wildman–Crippen MR) is 49.4 cm³/mol. The van der Waals surface area contributed by atoms with E-state index >= 15 is 0 Å². The maximum absolute atomic E-state index is 10.4. The number of nitrogens with zero attached hydrogens (tertiary/aromatic N) is 2. The number of halogens is 2. The second kappa shape index (κ2) is 3.47. The van der Waals surface area contributed by atoms with Gasteiger partial charge in [-0.05, 0) is 42.3 Å². The van der Waals surface area contributed by atoms with Crippen LogP contribution in [-0.4, -0.2) is 9.91 Å². The standard InChI is InChI=1S/C7H6Cl2N2O2/c1-5-3-2-4-6(10-5)7(8,9)11(12)13/h2-4H,1H3. The lowest BCUT2D eigenvalue weighted by atomic mass is 10.3. The topological polar surface area (TPSA) is 56.0 Å². The van der Waals surface area contributed by atoms with E-state index in [4.69, 9.17) is 23.2 Å². The smallest absolute Gasteiger partial charge is 0.261 e. The minimum absolute atomic E-state index is 0.0285. The van der Waals surface area contributed by atoms with E-state index in [0.29, 0.717) is 5.69 Å². The molecule has 4 nitrogen and oxygen atoms in total. The van der Waals surface area contributed by atoms with E-state index < -0.39 is 9.38 Å². The van der Waals surface area contributed by atoms with Crippen LogP contribution in [0.3, 0.4) is 0 Å². The number of pyridine rings is 1. The first-order valence-electron chi connectivity index (χ1n) is 3.41. The van der Waals surface area contributed by atoms with Crippen LogP contribution >= 0.6 is 23.2 Å². The fraction of sp³-hybridized carbons (Fsp3) is 0.286. The Hall–Kier alpha value is -0.870. The summed E-state index contributed by atoms with van der Waals surface area (Å²) in [6, 6.07) is 4.73. The van der Waals surface area contributed by atoms with Gasteiger partial charge in [-0.2, -0.15) is 0 Å². The molecule has 0 aliphatic heterocycles. The van der Waals surface area contributed by atoms with Gasteiger partial charge < -0.3 is 0 Å². The molecular weight excluding hydrogens is 215 g/mol. The third-order valence-corrected chi connectivity index (χ3v) is 2.09. The SMILES string of the molecule is Cc1cccc(C(Cl)(Cl)[N+](=O)[O-])n1. The van der Waals surface area contributed by atoms with Crippen molar-refractivity contribution >= 4 is 23.2 Å². The summed E-state index contributed by atoms with van der Waals surface area (Å²) in [6.45, 7) is 1.70. The summed E-state index contributed by atoms with van der Waals surface area (Å²) in [7, 11) is 0. The molecule has 0 spiro atoms. The lowest BCUT2D eigenvalue weighted by Gasteiger charge is -2.09. The molecule has 0 aromatic carbocycles. The average Bonchev–Trinajstić information content (AvgIpc) is 2.04. The Labute approximate surface area is 84.6 Å². The van der Waals surface area contributed by atoms with Crippen molar-refractivity contribution in [3.8, 4) is 0 Å². The molecule has 0 saturated heterocycles. The van der Waals surface area contributed by atoms with Crippen molar-refractivity contribution < 1.29 is 4.92 Å². The maximum Gasteiger partial charge on any atom is 0.413 e. The van der Waals surface area contributed by atoms with Gasteiger partial charge in [-0.15, -0.1) is 0 Å². The Morgan fingerprint density at radius 2 is 2.15 bits per heavy atom. The van der Waals surface area contributed by atoms with Gasteiger partial charge >= 0.3 is 4.46 Å². The van der Waals surface area contributed by atoms with Gasteiger partial charge in [-0.25, -0.2) is 4.98 Å². The van der Waals surface area contributed by atoms with Crippen LogP contribution < -0.4 is 0 Å². The molecule has 0 saturated carbocycles. The number of hydrogen-bond donors (Lipinski definition) is 0. The molecule has 0 N–H and O–H groups in total. The first-order valence-corrected chi connectivity index (χ1v) is 4.16. The monoisotopic (exact) mass is 220 g/mol. The van der Waals surface area contributed by atoms with Crippen LogP contribution in [0.2, 0.25) is 0 Å². The zero-order valence-corrected chi connectivity index (χ0v) is 8.21. The van der Waals surface area contributed by atoms with Crippen LogP contribution in [0.25, 0.3) is 0 Å². The minimum Gasteiger partial charge on any atom is -0.261 e. The van der Waals surface area contributed by atoms with Crippen molar-refractivity contribution in [1.82, 2.24) is 4.98 Å². The van der Waals surface area contributed by atoms with Crippen LogP contribution in [0.5, 0.6) is 0 Å². The molecule has 1 rings (SSSR count). The largest absolute Gasteiger partial charge is 0.413 e. The van der Waals surface area contributed by atoms with Gasteiger partial charge in [0.2, 0.25) is 0 Å². The van der Waals surface area contributed by atoms with Crippen LogP contribution in [0.4, 0.5) is 0 Å². The van der Waals surface area contributed by atoms with E-state index in [1.54, 1.807) is 19.1 Å². The quantitative estimate of drug-likeness (QED) is 0.333. The number of aryl methyl sites for hydroxylation is 1. The molecule has 0 bridgehead atoms. The van der Waals surface area contributed by atoms with Gasteiger partial charge in [0.15, 0.2) is 5.69 Å². The summed E-state index contributed by atoms with van der Waals surface area (Å²) in [5.74, 6) is 0. The second-order valence-electron chi connectivity index (χ2n) is 2.46. The third kappa shape index (κ3) is 2.08. The summed E-state index contributed by atoms with van der Waals surface area (Å²) >= 11 is 10.9. The highest BCUT2D eigenvalue weighted by Gasteiger charge is 2.41. The highest BCUT2D eigenvalue weighted by Crippen LogP contribution is 2.32. The molecule has 0 radical (unpaired) electrons. The first kappa shape index (κ1) is 10.2. The molecule has 0 atom stereocenters. The van der Waals surface area contributed by atoms with Crippen molar-refractivity contribution in [3.63, 3.8) is 0 Å². The molecule has 0 aliphatic rings. The lowest BCUT2D eigenvalue weighted by Crippen LogP contribution is -2.23. The van der Waals surface area contributed by atoms with Crippen molar-refractivity contribution in [2.24, 2.45) is 0 Å². The third-order valence-electron chi connectivity index (χ3n) is 1.43. The maximum atomic E-state index is 10.4. The predicted octanol–water partition coefficient (Wildman–Crippen LogP) is 2.25. The molecular formula is C7H6Cl2N2O2. The van der Waals surface area contributed by atoms with Crippen LogP contribution in [-0.2, 0) is 4.46 Å². The Balaban J connectivity index is 3.14. The van der Waals surface area contributed by atoms with E-state index in [2.05, 4.69) is 4.98 Å². The normalized spacial score (nSPS) is 11.3. The summed E-state index contributed by atoms with van der Waals surface area (Å²) in [5, 5.41) is 10.4. The fourth-order valence-corrected chi connectivity index (χ4v) is 1.01. The van der Waals surface area contributed by atoms with Gasteiger partial charge in [-0.3, -0.25) is 10.1 Å². The van der Waals surface area contributed by atoms with E-state index in [1.165, 1.54) is 6.07 Å². The molecule has 1 heterocycles. The van der Waals surface area contributed by atoms with Crippen LogP contribution in [0.1, 0.15) is 11.4 Å². The first-order chi connectivity index (χ1) is 5.94. The number of hydrogen-bond acceptors (Lipinski definition) is 3. The van der Waals surface area contributed by atoms with Crippen molar-refractivity contribution in [2.45, 2.75) is 11.4 Å². The lowest BCUT2D eigenvalue weighted by molar-refractivity contribution is -0.523. The van der Waals surface area contributed by atoms with Crippen molar-refractivity contribution in [2.75, 3.05) is 0 Å². The number of aromatic nitrogens is 1. The second-order valence-corrected chi connectivity index (χ2v) is 3.75. The molecule has 13 heavy (non-hydrogen) atoms. The summed E-state index contributed by atoms with van der Waals surface area (Å²) in [4.78, 5) is 13.5. The van der Waals surface area contributed by atoms with Gasteiger partial charge in [0.25, 0.3) is 0 Å². The fourth-order valence-electron chi connectivity index (χ4n) is 0.804. The van der Waals surface area contributed by atoms with E-state index in [9.17, 15) is 10.1 Å². The van der Waals surface area contributed by atoms with E-state index in [1.807, 2.05) is 0 Å². The molecule has 70 valence electrons. The van der Waals surface area contributed by atoms with Gasteiger partial charge in [0.1, 0.15) is 0 Å². The van der Waals surface area contributed by atoms with Gasteiger partial charge in [0.05, 0.1) is 4.92 Å². The van der Waals surface area contributed by atoms with E-state index in [0.717, 1.165) is 0 Å². The Kier molecular flexibility index (Phi) is 2.73. The highest BCUT2D eigenvalue weighted by atomic mass is 35.5. The minimum atomic E-state index is -2.16. The molecule has 1 aromatic rings. The van der Waals surface area contributed by atoms with Crippen molar-refractivity contribution in [3.05, 3.63) is 39.7 Å². The Bertz CT molecular complexity index is 341. The number of nitro groups is 1. The molecule has 0 aliphatic carbocycles. The number of rotatable bonds is 2. The summed E-state index contributed by atoms with van der Waals surface area (Å²) in [5.41, 5.74) is 0.658. The zero-order valence-electron chi connectivity index (χ0n) is 6.70. The van der Waals surface area contributed by atoms with Gasteiger partial charge in [-0.1, -0.05) is 6.07 Å². The average molecular weight is 221 g/mol. The Morgan fingerprint density at radius 1 is 1.54 bits per heavy atom. The number of alkyl halides is 2. The van der Waals surface area contributed by atoms with Crippen LogP contribution in [0.15, 0.2) is 18.2 Å².